The van der Waals surface area contributed by atoms with Crippen molar-refractivity contribution in [3.8, 4) is 0 Å². The van der Waals surface area contributed by atoms with Gasteiger partial charge < -0.3 is 9.73 Å². The van der Waals surface area contributed by atoms with Crippen LogP contribution in [0.15, 0.2) is 46.9 Å². The van der Waals surface area contributed by atoms with Crippen LogP contribution in [0.25, 0.3) is 0 Å². The molecule has 0 fully saturated rings. The second kappa shape index (κ2) is 7.19. The highest BCUT2D eigenvalue weighted by Crippen LogP contribution is 2.32. The van der Waals surface area contributed by atoms with Crippen molar-refractivity contribution in [1.29, 1.82) is 0 Å². The van der Waals surface area contributed by atoms with Gasteiger partial charge >= 0.3 is 0 Å². The van der Waals surface area contributed by atoms with Crippen LogP contribution in [-0.2, 0) is 12.3 Å². The van der Waals surface area contributed by atoms with Crippen LogP contribution in [0, 0.1) is 5.41 Å². The van der Waals surface area contributed by atoms with Crippen molar-refractivity contribution in [2.45, 2.75) is 39.1 Å². The normalized spacial score (nSPS) is 13.3. The minimum Gasteiger partial charge on any atom is -0.464 e. The van der Waals surface area contributed by atoms with Gasteiger partial charge in [0.05, 0.1) is 12.3 Å². The van der Waals surface area contributed by atoms with Crippen molar-refractivity contribution in [3.63, 3.8) is 0 Å². The van der Waals surface area contributed by atoms with E-state index in [2.05, 4.69) is 74.8 Å². The van der Waals surface area contributed by atoms with Crippen LogP contribution in [-0.4, -0.2) is 6.26 Å². The van der Waals surface area contributed by atoms with Crippen molar-refractivity contribution in [2.75, 3.05) is 6.26 Å². The molecule has 114 valence electrons. The maximum Gasteiger partial charge on any atom is 0.118 e. The Morgan fingerprint density at radius 1 is 1.05 bits per heavy atom. The Bertz CT molecular complexity index is 542. The summed E-state index contributed by atoms with van der Waals surface area (Å²) in [6.07, 6.45) is 2.09. The molecule has 0 aliphatic rings. The molecule has 1 N–H and O–H groups in total. The lowest BCUT2D eigenvalue weighted by molar-refractivity contribution is 0.264. The highest BCUT2D eigenvalue weighted by atomic mass is 32.2. The van der Waals surface area contributed by atoms with Crippen molar-refractivity contribution in [2.24, 2.45) is 5.41 Å². The van der Waals surface area contributed by atoms with Crippen LogP contribution < -0.4 is 5.32 Å². The lowest BCUT2D eigenvalue weighted by Gasteiger charge is -2.32. The van der Waals surface area contributed by atoms with E-state index in [1.165, 1.54) is 5.56 Å². The molecule has 3 heteroatoms. The van der Waals surface area contributed by atoms with Gasteiger partial charge in [0.2, 0.25) is 0 Å². The smallest absolute Gasteiger partial charge is 0.118 e. The van der Waals surface area contributed by atoms with Gasteiger partial charge in [-0.25, -0.2) is 0 Å². The largest absolute Gasteiger partial charge is 0.464 e. The molecule has 0 saturated carbocycles. The third-order valence-electron chi connectivity index (χ3n) is 3.48. The summed E-state index contributed by atoms with van der Waals surface area (Å²) in [6.45, 7) is 7.54. The van der Waals surface area contributed by atoms with Gasteiger partial charge in [-0.05, 0) is 29.4 Å². The average molecular weight is 303 g/mol. The summed E-state index contributed by atoms with van der Waals surface area (Å²) in [5.41, 5.74) is 1.47. The van der Waals surface area contributed by atoms with Crippen molar-refractivity contribution in [3.05, 3.63) is 59.5 Å². The quantitative estimate of drug-likeness (QED) is 0.811. The lowest BCUT2D eigenvalue weighted by atomic mass is 9.82. The Labute approximate surface area is 132 Å². The predicted molar refractivity (Wildman–Crippen MR) is 91.4 cm³/mol. The van der Waals surface area contributed by atoms with E-state index in [1.807, 2.05) is 0 Å². The van der Waals surface area contributed by atoms with E-state index >= 15 is 0 Å². The molecule has 21 heavy (non-hydrogen) atoms. The number of benzene rings is 1. The van der Waals surface area contributed by atoms with Crippen molar-refractivity contribution < 1.29 is 4.42 Å². The van der Waals surface area contributed by atoms with E-state index in [9.17, 15) is 0 Å². The number of nitrogens with one attached hydrogen (secondary N) is 1. The molecule has 1 aromatic carbocycles. The predicted octanol–water partition coefficient (Wildman–Crippen LogP) is 5.02. The molecule has 0 aliphatic heterocycles. The summed E-state index contributed by atoms with van der Waals surface area (Å²) in [4.78, 5) is 0. The molecular weight excluding hydrogens is 278 g/mol. The van der Waals surface area contributed by atoms with Gasteiger partial charge in [0.25, 0.3) is 0 Å². The molecule has 0 aliphatic carbocycles. The highest BCUT2D eigenvalue weighted by molar-refractivity contribution is 7.97. The maximum absolute atomic E-state index is 5.84. The Morgan fingerprint density at radius 3 is 2.33 bits per heavy atom. The summed E-state index contributed by atoms with van der Waals surface area (Å²) in [6, 6.07) is 15.1. The fourth-order valence-corrected chi connectivity index (χ4v) is 2.95. The zero-order valence-corrected chi connectivity index (χ0v) is 14.2. The Morgan fingerprint density at radius 2 is 1.71 bits per heavy atom. The molecule has 1 heterocycles. The highest BCUT2D eigenvalue weighted by Gasteiger charge is 2.25. The molecule has 0 radical (unpaired) electrons. The van der Waals surface area contributed by atoms with Gasteiger partial charge in [0, 0.05) is 6.04 Å². The van der Waals surface area contributed by atoms with Crippen LogP contribution >= 0.6 is 11.8 Å². The Balaban J connectivity index is 2.06. The minimum atomic E-state index is 0.149. The fraction of sp³-hybridized carbons (Fsp3) is 0.444. The standard InChI is InChI=1S/C18H25NOS/c1-18(2,3)17(14-8-6-5-7-9-14)19-12-15-10-11-16(20-15)13-21-4/h5-11,17,19H,12-13H2,1-4H3. The maximum atomic E-state index is 5.84. The number of hydrogen-bond acceptors (Lipinski definition) is 3. The zero-order chi connectivity index (χ0) is 15.3. The molecule has 1 atom stereocenters. The minimum absolute atomic E-state index is 0.149. The molecule has 0 bridgehead atoms. The molecule has 0 amide bonds. The first-order valence-corrected chi connectivity index (χ1v) is 8.75. The molecule has 2 aromatic rings. The lowest BCUT2D eigenvalue weighted by Crippen LogP contribution is -2.31. The van der Waals surface area contributed by atoms with Gasteiger partial charge in [0.1, 0.15) is 11.5 Å². The first-order chi connectivity index (χ1) is 10.0. The van der Waals surface area contributed by atoms with Crippen LogP contribution in [0.5, 0.6) is 0 Å². The molecule has 1 unspecified atom stereocenters. The van der Waals surface area contributed by atoms with Crippen molar-refractivity contribution >= 4 is 11.8 Å². The molecular formula is C18H25NOS. The molecule has 2 rings (SSSR count). The van der Waals surface area contributed by atoms with E-state index in [-0.39, 0.29) is 5.41 Å². The van der Waals surface area contributed by atoms with Gasteiger partial charge in [-0.15, -0.1) is 0 Å². The average Bonchev–Trinajstić information content (AvgIpc) is 2.87. The molecule has 0 spiro atoms. The second-order valence-electron chi connectivity index (χ2n) is 6.39. The Hall–Kier alpha value is -1.19. The summed E-state index contributed by atoms with van der Waals surface area (Å²) < 4.78 is 5.84. The first-order valence-electron chi connectivity index (χ1n) is 7.35. The zero-order valence-electron chi connectivity index (χ0n) is 13.3. The number of thioether (sulfide) groups is 1. The van der Waals surface area contributed by atoms with Crippen LogP contribution in [0.2, 0.25) is 0 Å². The summed E-state index contributed by atoms with van der Waals surface area (Å²) in [7, 11) is 0. The van der Waals surface area contributed by atoms with Gasteiger partial charge in [-0.2, -0.15) is 11.8 Å². The van der Waals surface area contributed by atoms with E-state index in [4.69, 9.17) is 4.42 Å². The molecule has 2 nitrogen and oxygen atoms in total. The van der Waals surface area contributed by atoms with E-state index < -0.39 is 0 Å². The van der Waals surface area contributed by atoms with Crippen LogP contribution in [0.4, 0.5) is 0 Å². The van der Waals surface area contributed by atoms with E-state index in [0.29, 0.717) is 6.04 Å². The van der Waals surface area contributed by atoms with E-state index in [1.54, 1.807) is 11.8 Å². The molecule has 1 aromatic heterocycles. The van der Waals surface area contributed by atoms with Crippen LogP contribution in [0.1, 0.15) is 43.9 Å². The van der Waals surface area contributed by atoms with Crippen molar-refractivity contribution in [1.82, 2.24) is 5.32 Å². The topological polar surface area (TPSA) is 25.2 Å². The summed E-state index contributed by atoms with van der Waals surface area (Å²) in [5, 5.41) is 3.65. The SMILES string of the molecule is CSCc1ccc(CNC(c2ccccc2)C(C)(C)C)o1. The Kier molecular flexibility index (Phi) is 5.54. The fourth-order valence-electron chi connectivity index (χ4n) is 2.51. The second-order valence-corrected chi connectivity index (χ2v) is 7.26. The number of hydrogen-bond donors (Lipinski definition) is 1. The van der Waals surface area contributed by atoms with Gasteiger partial charge in [-0.1, -0.05) is 51.1 Å². The summed E-state index contributed by atoms with van der Waals surface area (Å²) in [5.74, 6) is 2.98. The third-order valence-corrected chi connectivity index (χ3v) is 4.06. The van der Waals surface area contributed by atoms with Gasteiger partial charge in [-0.3, -0.25) is 0 Å². The van der Waals surface area contributed by atoms with Crippen LogP contribution in [0.3, 0.4) is 0 Å². The molecule has 0 saturated heterocycles. The number of furan rings is 1. The van der Waals surface area contributed by atoms with Gasteiger partial charge in [0.15, 0.2) is 0 Å². The third kappa shape index (κ3) is 4.65. The first kappa shape index (κ1) is 16.2. The number of rotatable bonds is 6. The summed E-state index contributed by atoms with van der Waals surface area (Å²) >= 11 is 1.78. The van der Waals surface area contributed by atoms with E-state index in [0.717, 1.165) is 23.8 Å². The monoisotopic (exact) mass is 303 g/mol.